The number of rotatable bonds is 5. The van der Waals surface area contributed by atoms with Crippen molar-refractivity contribution in [2.75, 3.05) is 5.32 Å². The Hall–Kier alpha value is -1.71. The number of thiazole rings is 1. The highest BCUT2D eigenvalue weighted by Crippen LogP contribution is 2.28. The molecule has 1 radical (unpaired) electrons. The highest BCUT2D eigenvalue weighted by molar-refractivity contribution is 7.22. The molecule has 2 aromatic rings. The van der Waals surface area contributed by atoms with Gasteiger partial charge in [0.2, 0.25) is 0 Å². The highest BCUT2D eigenvalue weighted by Gasteiger charge is 2.36. The number of aliphatic hydroxyl groups is 1. The topological polar surface area (TPSA) is 80.7 Å². The summed E-state index contributed by atoms with van der Waals surface area (Å²) >= 11 is 1.01. The number of hydrogen-bond acceptors (Lipinski definition) is 6. The minimum atomic E-state index is -1.09. The Morgan fingerprint density at radius 2 is 1.85 bits per heavy atom. The first-order chi connectivity index (χ1) is 12.2. The number of anilines is 1. The number of ether oxygens (including phenoxy) is 1. The first kappa shape index (κ1) is 21.6. The summed E-state index contributed by atoms with van der Waals surface area (Å²) in [4.78, 5) is 16.2. The fraction of sp³-hybridized carbons (Fsp3) is 0.556. The number of aromatic nitrogens is 1. The molecule has 2 N–H and O–H groups in total. The van der Waals surface area contributed by atoms with Crippen molar-refractivity contribution in [2.45, 2.75) is 65.3 Å². The molecule has 27 heavy (non-hydrogen) atoms. The lowest BCUT2D eigenvalue weighted by molar-refractivity contribution is -0.0893. The lowest BCUT2D eigenvalue weighted by Gasteiger charge is -2.37. The number of amides is 1. The molecular weight excluding hydrogens is 370 g/mol. The van der Waals surface area contributed by atoms with Gasteiger partial charge in [0.15, 0.2) is 5.13 Å². The van der Waals surface area contributed by atoms with Gasteiger partial charge >= 0.3 is 13.6 Å². The summed E-state index contributed by atoms with van der Waals surface area (Å²) in [7, 11) is 1.44. The third-order valence-corrected chi connectivity index (χ3v) is 5.07. The lowest BCUT2D eigenvalue weighted by atomic mass is 9.82. The largest absolute Gasteiger partial charge is 0.444 e. The minimum absolute atomic E-state index is 0.223. The second kappa shape index (κ2) is 7.37. The van der Waals surface area contributed by atoms with Gasteiger partial charge in [-0.3, -0.25) is 5.32 Å². The van der Waals surface area contributed by atoms with Crippen LogP contribution in [0.1, 0.15) is 48.5 Å². The average Bonchev–Trinajstić information content (AvgIpc) is 2.87. The zero-order valence-electron chi connectivity index (χ0n) is 16.6. The van der Waals surface area contributed by atoms with Crippen molar-refractivity contribution in [1.29, 1.82) is 0 Å². The van der Waals surface area contributed by atoms with Gasteiger partial charge in [0.05, 0.1) is 21.4 Å². The number of halogens is 1. The van der Waals surface area contributed by atoms with E-state index in [1.165, 1.54) is 19.6 Å². The summed E-state index contributed by atoms with van der Waals surface area (Å²) in [5, 5.41) is 12.9. The predicted molar refractivity (Wildman–Crippen MR) is 106 cm³/mol. The third kappa shape index (κ3) is 5.40. The van der Waals surface area contributed by atoms with Crippen molar-refractivity contribution in [3.8, 4) is 0 Å². The van der Waals surface area contributed by atoms with Crippen molar-refractivity contribution in [3.63, 3.8) is 0 Å². The molecule has 0 aliphatic heterocycles. The predicted octanol–water partition coefficient (Wildman–Crippen LogP) is 3.59. The smallest absolute Gasteiger partial charge is 0.413 e. The van der Waals surface area contributed by atoms with Gasteiger partial charge in [0.25, 0.3) is 0 Å². The molecule has 0 aliphatic carbocycles. The molecule has 0 saturated heterocycles. The van der Waals surface area contributed by atoms with E-state index in [1.807, 2.05) is 0 Å². The Labute approximate surface area is 163 Å². The van der Waals surface area contributed by atoms with E-state index >= 15 is 0 Å². The van der Waals surface area contributed by atoms with Crippen LogP contribution >= 0.6 is 11.3 Å². The highest BCUT2D eigenvalue weighted by atomic mass is 32.1. The Balaban J connectivity index is 2.26. The summed E-state index contributed by atoms with van der Waals surface area (Å²) in [6, 6.07) is 2.85. The van der Waals surface area contributed by atoms with Gasteiger partial charge in [-0.2, -0.15) is 0 Å². The molecule has 0 fully saturated rings. The molecule has 0 atom stereocenters. The number of nitrogens with one attached hydrogen (secondary N) is 1. The lowest BCUT2D eigenvalue weighted by Crippen LogP contribution is -2.49. The van der Waals surface area contributed by atoms with Crippen molar-refractivity contribution in [1.82, 2.24) is 4.98 Å². The molecule has 9 heteroatoms. The van der Waals surface area contributed by atoms with Gasteiger partial charge in [-0.05, 0) is 60.0 Å². The fourth-order valence-corrected chi connectivity index (χ4v) is 2.78. The maximum Gasteiger partial charge on any atom is 0.413 e. The number of hydrogen-bond donors (Lipinski definition) is 2. The third-order valence-electron chi connectivity index (χ3n) is 4.09. The maximum atomic E-state index is 14.2. The van der Waals surface area contributed by atoms with E-state index in [0.29, 0.717) is 15.7 Å². The molecule has 1 heterocycles. The quantitative estimate of drug-likeness (QED) is 0.757. The number of carbonyl (C=O) groups is 1. The van der Waals surface area contributed by atoms with E-state index in [0.717, 1.165) is 11.3 Å². The van der Waals surface area contributed by atoms with Crippen LogP contribution in [0, 0.1) is 5.82 Å². The van der Waals surface area contributed by atoms with Crippen LogP contribution < -0.4 is 10.8 Å². The Morgan fingerprint density at radius 3 is 2.41 bits per heavy atom. The summed E-state index contributed by atoms with van der Waals surface area (Å²) in [5.74, 6) is -0.446. The normalized spacial score (nSPS) is 12.9. The standard InChI is InChI=1S/C18H25BFN2O4S/c1-16(2,3)25-15(23)22-14-21-12-10(8-9-11(20)13(12)27-14)19-26-18(6,7)17(4,5)24/h8-9,24H,1-7H3,(H,21,22,23). The van der Waals surface area contributed by atoms with Crippen molar-refractivity contribution < 1.29 is 23.7 Å². The molecular formula is C18H25BFN2O4S. The van der Waals surface area contributed by atoms with Gasteiger partial charge in [-0.25, -0.2) is 14.2 Å². The van der Waals surface area contributed by atoms with Crippen LogP contribution in [-0.4, -0.2) is 40.5 Å². The van der Waals surface area contributed by atoms with Gasteiger partial charge in [-0.15, -0.1) is 0 Å². The molecule has 0 unspecified atom stereocenters. The van der Waals surface area contributed by atoms with Crippen molar-refractivity contribution in [3.05, 3.63) is 17.9 Å². The second-order valence-corrected chi connectivity index (χ2v) is 9.26. The van der Waals surface area contributed by atoms with Crippen LogP contribution in [0.2, 0.25) is 0 Å². The molecule has 1 aromatic heterocycles. The molecule has 0 bridgehead atoms. The van der Waals surface area contributed by atoms with Crippen LogP contribution in [-0.2, 0) is 9.39 Å². The van der Waals surface area contributed by atoms with E-state index in [1.54, 1.807) is 48.5 Å². The zero-order chi connectivity index (χ0) is 20.6. The molecule has 6 nitrogen and oxygen atoms in total. The Kier molecular flexibility index (Phi) is 5.89. The Bertz CT molecular complexity index is 840. The molecule has 1 amide bonds. The molecule has 147 valence electrons. The van der Waals surface area contributed by atoms with Crippen LogP contribution in [0.3, 0.4) is 0 Å². The first-order valence-corrected chi connectivity index (χ1v) is 9.34. The van der Waals surface area contributed by atoms with Crippen molar-refractivity contribution in [2.24, 2.45) is 0 Å². The van der Waals surface area contributed by atoms with Gasteiger partial charge in [0, 0.05) is 0 Å². The number of carbonyl (C=O) groups excluding carboxylic acids is 1. The number of benzene rings is 1. The van der Waals surface area contributed by atoms with Gasteiger partial charge < -0.3 is 14.5 Å². The molecule has 1 aromatic carbocycles. The average molecular weight is 395 g/mol. The van der Waals surface area contributed by atoms with Crippen LogP contribution in [0.5, 0.6) is 0 Å². The summed E-state index contributed by atoms with van der Waals surface area (Å²) < 4.78 is 25.4. The summed E-state index contributed by atoms with van der Waals surface area (Å²) in [6.45, 7) is 12.0. The van der Waals surface area contributed by atoms with E-state index < -0.39 is 28.7 Å². The maximum absolute atomic E-state index is 14.2. The van der Waals surface area contributed by atoms with Crippen molar-refractivity contribution >= 4 is 45.7 Å². The van der Waals surface area contributed by atoms with Gasteiger partial charge in [-0.1, -0.05) is 17.4 Å². The summed E-state index contributed by atoms with van der Waals surface area (Å²) in [6.07, 6.45) is -0.660. The first-order valence-electron chi connectivity index (χ1n) is 8.52. The van der Waals surface area contributed by atoms with E-state index in [-0.39, 0.29) is 5.13 Å². The molecule has 0 saturated carbocycles. The SMILES string of the molecule is CC(C)(C)OC(=O)Nc1nc2c([B]OC(C)(C)C(C)(C)O)ccc(F)c2s1. The molecule has 0 spiro atoms. The molecule has 2 rings (SSSR count). The fourth-order valence-electron chi connectivity index (χ4n) is 1.89. The molecule has 0 aliphatic rings. The number of nitrogens with zero attached hydrogens (tertiary/aromatic N) is 1. The van der Waals surface area contributed by atoms with E-state index in [2.05, 4.69) is 10.3 Å². The van der Waals surface area contributed by atoms with E-state index in [9.17, 15) is 14.3 Å². The van der Waals surface area contributed by atoms with Gasteiger partial charge in [0.1, 0.15) is 11.4 Å². The van der Waals surface area contributed by atoms with Crippen LogP contribution in [0.4, 0.5) is 14.3 Å². The Morgan fingerprint density at radius 1 is 1.22 bits per heavy atom. The van der Waals surface area contributed by atoms with Crippen LogP contribution in [0.15, 0.2) is 12.1 Å². The monoisotopic (exact) mass is 395 g/mol. The minimum Gasteiger partial charge on any atom is -0.444 e. The summed E-state index contributed by atoms with van der Waals surface area (Å²) in [5.41, 5.74) is -1.72. The number of fused-ring (bicyclic) bond motifs is 1. The van der Waals surface area contributed by atoms with E-state index in [4.69, 9.17) is 9.39 Å². The van der Waals surface area contributed by atoms with Crippen LogP contribution in [0.25, 0.3) is 10.2 Å². The second-order valence-electron chi connectivity index (χ2n) is 8.27. The zero-order valence-corrected chi connectivity index (χ0v) is 17.5.